The van der Waals surface area contributed by atoms with Gasteiger partial charge in [-0.1, -0.05) is 11.6 Å². The number of hydrogen-bond donors (Lipinski definition) is 3. The SMILES string of the molecule is NC(=O)c1cc2c(cc1Cl)NC(=O)C2.O=C(O)C(F)(F)F. The van der Waals surface area contributed by atoms with Crippen LogP contribution in [0.25, 0.3) is 0 Å². The number of benzene rings is 1. The summed E-state index contributed by atoms with van der Waals surface area (Å²) in [4.78, 5) is 30.9. The summed E-state index contributed by atoms with van der Waals surface area (Å²) in [6.45, 7) is 0. The molecular formula is C11H8ClF3N2O4. The molecule has 0 bridgehead atoms. The maximum atomic E-state index is 11.0. The summed E-state index contributed by atoms with van der Waals surface area (Å²) >= 11 is 5.80. The number of hydrogen-bond acceptors (Lipinski definition) is 3. The number of fused-ring (bicyclic) bond motifs is 1. The van der Waals surface area contributed by atoms with Crippen LogP contribution in [0, 0.1) is 0 Å². The van der Waals surface area contributed by atoms with Gasteiger partial charge in [-0.15, -0.1) is 0 Å². The minimum Gasteiger partial charge on any atom is -0.475 e. The lowest BCUT2D eigenvalue weighted by atomic mass is 10.1. The zero-order valence-corrected chi connectivity index (χ0v) is 10.9. The number of primary amides is 1. The third kappa shape index (κ3) is 4.35. The second-order valence-electron chi connectivity index (χ2n) is 3.88. The highest BCUT2D eigenvalue weighted by Gasteiger charge is 2.38. The van der Waals surface area contributed by atoms with E-state index in [1.807, 2.05) is 0 Å². The van der Waals surface area contributed by atoms with Crippen LogP contribution in [0.5, 0.6) is 0 Å². The molecule has 4 N–H and O–H groups in total. The summed E-state index contributed by atoms with van der Waals surface area (Å²) in [6, 6.07) is 3.10. The van der Waals surface area contributed by atoms with Gasteiger partial charge in [0.25, 0.3) is 0 Å². The molecule has 0 saturated heterocycles. The van der Waals surface area contributed by atoms with Gasteiger partial charge in [-0.2, -0.15) is 13.2 Å². The van der Waals surface area contributed by atoms with Gasteiger partial charge in [-0.05, 0) is 17.7 Å². The molecule has 2 amide bonds. The molecule has 1 aromatic rings. The number of anilines is 1. The number of alkyl halides is 3. The van der Waals surface area contributed by atoms with E-state index >= 15 is 0 Å². The molecule has 10 heteroatoms. The van der Waals surface area contributed by atoms with Crippen LogP contribution >= 0.6 is 11.6 Å². The molecule has 0 saturated carbocycles. The Morgan fingerprint density at radius 3 is 2.29 bits per heavy atom. The van der Waals surface area contributed by atoms with Crippen molar-refractivity contribution in [3.63, 3.8) is 0 Å². The number of nitrogens with two attached hydrogens (primary N) is 1. The topological polar surface area (TPSA) is 109 Å². The number of rotatable bonds is 1. The number of carboxylic acids is 1. The molecule has 0 spiro atoms. The first kappa shape index (κ1) is 16.8. The van der Waals surface area contributed by atoms with E-state index in [0.717, 1.165) is 5.56 Å². The Hall–Kier alpha value is -2.29. The highest BCUT2D eigenvalue weighted by atomic mass is 35.5. The van der Waals surface area contributed by atoms with Crippen molar-refractivity contribution >= 4 is 35.1 Å². The van der Waals surface area contributed by atoms with Crippen molar-refractivity contribution in [2.24, 2.45) is 5.73 Å². The molecule has 1 aliphatic heterocycles. The quantitative estimate of drug-likeness (QED) is 0.728. The molecule has 0 aromatic heterocycles. The van der Waals surface area contributed by atoms with Crippen molar-refractivity contribution < 1.29 is 32.7 Å². The van der Waals surface area contributed by atoms with E-state index in [2.05, 4.69) is 5.32 Å². The number of aliphatic carboxylic acids is 1. The van der Waals surface area contributed by atoms with Crippen LogP contribution in [0.3, 0.4) is 0 Å². The zero-order chi connectivity index (χ0) is 16.4. The molecule has 0 unspecified atom stereocenters. The van der Waals surface area contributed by atoms with Gasteiger partial charge in [0.15, 0.2) is 0 Å². The summed E-state index contributed by atoms with van der Waals surface area (Å²) in [7, 11) is 0. The minimum absolute atomic E-state index is 0.0994. The first-order valence-corrected chi connectivity index (χ1v) is 5.62. The Bertz CT molecular complexity index is 616. The van der Waals surface area contributed by atoms with Crippen LogP contribution < -0.4 is 11.1 Å². The molecule has 1 aromatic carbocycles. The van der Waals surface area contributed by atoms with E-state index in [1.54, 1.807) is 12.1 Å². The van der Waals surface area contributed by atoms with Gasteiger partial charge < -0.3 is 16.2 Å². The summed E-state index contributed by atoms with van der Waals surface area (Å²) in [5, 5.41) is 10.0. The van der Waals surface area contributed by atoms with Gasteiger partial charge in [-0.25, -0.2) is 4.79 Å². The highest BCUT2D eigenvalue weighted by molar-refractivity contribution is 6.34. The Kier molecular flexibility index (Phi) is 4.79. The smallest absolute Gasteiger partial charge is 0.475 e. The predicted molar refractivity (Wildman–Crippen MR) is 66.0 cm³/mol. The van der Waals surface area contributed by atoms with Crippen molar-refractivity contribution in [3.05, 3.63) is 28.3 Å². The summed E-state index contributed by atoms with van der Waals surface area (Å²) in [5.74, 6) is -3.44. The van der Waals surface area contributed by atoms with Crippen molar-refractivity contribution in [3.8, 4) is 0 Å². The minimum atomic E-state index is -5.08. The van der Waals surface area contributed by atoms with E-state index in [4.69, 9.17) is 27.2 Å². The maximum absolute atomic E-state index is 11.0. The zero-order valence-electron chi connectivity index (χ0n) is 10.1. The van der Waals surface area contributed by atoms with Crippen molar-refractivity contribution in [1.82, 2.24) is 0 Å². The molecule has 0 aliphatic carbocycles. The standard InChI is InChI=1S/C9H7ClN2O2.C2HF3O2/c10-6-3-7-4(2-8(13)12-7)1-5(6)9(11)14;3-2(4,5)1(6)7/h1,3H,2H2,(H2,11,14)(H,12,13);(H,6,7). The lowest BCUT2D eigenvalue weighted by Crippen LogP contribution is -2.21. The lowest BCUT2D eigenvalue weighted by molar-refractivity contribution is -0.192. The van der Waals surface area contributed by atoms with Crippen LogP contribution in [0.4, 0.5) is 18.9 Å². The van der Waals surface area contributed by atoms with E-state index in [-0.39, 0.29) is 22.9 Å². The lowest BCUT2D eigenvalue weighted by Gasteiger charge is -2.03. The van der Waals surface area contributed by atoms with Crippen LogP contribution in [0.2, 0.25) is 5.02 Å². The van der Waals surface area contributed by atoms with Gasteiger partial charge in [-0.3, -0.25) is 9.59 Å². The van der Waals surface area contributed by atoms with Gasteiger partial charge in [0.05, 0.1) is 17.0 Å². The molecule has 1 heterocycles. The Morgan fingerprint density at radius 1 is 1.33 bits per heavy atom. The highest BCUT2D eigenvalue weighted by Crippen LogP contribution is 2.29. The second-order valence-corrected chi connectivity index (χ2v) is 4.29. The van der Waals surface area contributed by atoms with E-state index in [9.17, 15) is 22.8 Å². The number of amides is 2. The summed E-state index contributed by atoms with van der Waals surface area (Å²) in [6.07, 6.45) is -4.81. The first-order valence-electron chi connectivity index (χ1n) is 5.24. The van der Waals surface area contributed by atoms with E-state index in [1.165, 1.54) is 0 Å². The summed E-state index contributed by atoms with van der Waals surface area (Å²) in [5.41, 5.74) is 6.78. The number of carbonyl (C=O) groups is 3. The third-order valence-corrected chi connectivity index (χ3v) is 2.64. The molecule has 21 heavy (non-hydrogen) atoms. The van der Waals surface area contributed by atoms with Gasteiger partial charge >= 0.3 is 12.1 Å². The van der Waals surface area contributed by atoms with E-state index < -0.39 is 18.1 Å². The molecule has 0 radical (unpaired) electrons. The van der Waals surface area contributed by atoms with Crippen LogP contribution in [0.15, 0.2) is 12.1 Å². The number of halogens is 4. The van der Waals surface area contributed by atoms with Gasteiger partial charge in [0, 0.05) is 5.69 Å². The Labute approximate surface area is 120 Å². The predicted octanol–water partition coefficient (Wildman–Crippen LogP) is 1.57. The van der Waals surface area contributed by atoms with Crippen LogP contribution in [-0.2, 0) is 16.0 Å². The summed E-state index contributed by atoms with van der Waals surface area (Å²) < 4.78 is 31.7. The average Bonchev–Trinajstić information content (AvgIpc) is 2.66. The maximum Gasteiger partial charge on any atom is 0.490 e. The number of carboxylic acid groups (broad SMARTS) is 1. The fourth-order valence-electron chi connectivity index (χ4n) is 1.44. The molecule has 2 rings (SSSR count). The largest absolute Gasteiger partial charge is 0.490 e. The fourth-order valence-corrected chi connectivity index (χ4v) is 1.69. The average molecular weight is 325 g/mol. The van der Waals surface area contributed by atoms with E-state index in [0.29, 0.717) is 5.69 Å². The molecular weight excluding hydrogens is 317 g/mol. The molecule has 1 aliphatic rings. The normalized spacial score (nSPS) is 12.9. The number of nitrogens with one attached hydrogen (secondary N) is 1. The third-order valence-electron chi connectivity index (χ3n) is 2.33. The molecule has 0 atom stereocenters. The van der Waals surface area contributed by atoms with Gasteiger partial charge in [0.2, 0.25) is 11.8 Å². The van der Waals surface area contributed by atoms with Crippen molar-refractivity contribution in [2.75, 3.05) is 5.32 Å². The Morgan fingerprint density at radius 2 is 1.86 bits per heavy atom. The Balaban J connectivity index is 0.000000270. The second kappa shape index (κ2) is 6.00. The number of carbonyl (C=O) groups excluding carboxylic acids is 2. The molecule has 114 valence electrons. The van der Waals surface area contributed by atoms with Gasteiger partial charge in [0.1, 0.15) is 0 Å². The van der Waals surface area contributed by atoms with Crippen LogP contribution in [-0.4, -0.2) is 29.1 Å². The van der Waals surface area contributed by atoms with Crippen molar-refractivity contribution in [2.45, 2.75) is 12.6 Å². The monoisotopic (exact) mass is 324 g/mol. The molecule has 0 fully saturated rings. The van der Waals surface area contributed by atoms with Crippen LogP contribution in [0.1, 0.15) is 15.9 Å². The van der Waals surface area contributed by atoms with Crippen molar-refractivity contribution in [1.29, 1.82) is 0 Å². The molecule has 6 nitrogen and oxygen atoms in total. The first-order chi connectivity index (χ1) is 9.52. The fraction of sp³-hybridized carbons (Fsp3) is 0.182.